The van der Waals surface area contributed by atoms with E-state index < -0.39 is 54.0 Å². The van der Waals surface area contributed by atoms with Crippen LogP contribution in [0.25, 0.3) is 0 Å². The number of rotatable bonds is 42. The van der Waals surface area contributed by atoms with E-state index in [1.54, 1.807) is 37.8 Å². The Morgan fingerprint density at radius 2 is 1.37 bits per heavy atom. The normalized spacial score (nSPS) is 18.2. The number of carboxylic acids is 1. The number of imide groups is 1. The van der Waals surface area contributed by atoms with E-state index in [4.69, 9.17) is 43.0 Å². The van der Waals surface area contributed by atoms with E-state index in [2.05, 4.69) is 16.0 Å². The lowest BCUT2D eigenvalue weighted by Crippen LogP contribution is -2.58. The Kier molecular flexibility index (Phi) is 31.2. The molecule has 23 heteroatoms. The molecule has 0 bridgehead atoms. The summed E-state index contributed by atoms with van der Waals surface area (Å²) < 4.78 is 44.9. The maximum atomic E-state index is 13.9. The van der Waals surface area contributed by atoms with Crippen LogP contribution in [0.5, 0.6) is 0 Å². The van der Waals surface area contributed by atoms with Gasteiger partial charge in [0.25, 0.3) is 11.8 Å². The third-order valence-corrected chi connectivity index (χ3v) is 12.8. The number of carbonyl (C=O) groups excluding carboxylic acids is 7. The Bertz CT molecular complexity index is 1660. The largest absolute Gasteiger partial charge is 0.480 e. The summed E-state index contributed by atoms with van der Waals surface area (Å²) in [5.41, 5.74) is -1.16. The van der Waals surface area contributed by atoms with E-state index in [1.165, 1.54) is 19.3 Å². The van der Waals surface area contributed by atoms with Crippen molar-refractivity contribution >= 4 is 47.8 Å². The molecule has 0 aromatic carbocycles. The first-order valence-corrected chi connectivity index (χ1v) is 24.6. The quantitative estimate of drug-likeness (QED) is 0.0360. The van der Waals surface area contributed by atoms with Gasteiger partial charge < -0.3 is 68.8 Å². The fraction of sp³-hybridized carbons (Fsp3) is 0.792. The highest BCUT2D eigenvalue weighted by Gasteiger charge is 2.46. The molecular weight excluding hydrogens is 933 g/mol. The van der Waals surface area contributed by atoms with E-state index in [0.717, 1.165) is 4.90 Å². The molecule has 1 saturated heterocycles. The van der Waals surface area contributed by atoms with Gasteiger partial charge in [-0.1, -0.05) is 27.2 Å². The van der Waals surface area contributed by atoms with Crippen molar-refractivity contribution in [1.82, 2.24) is 30.7 Å². The summed E-state index contributed by atoms with van der Waals surface area (Å²) in [5, 5.41) is 17.0. The molecule has 2 aliphatic rings. The zero-order valence-electron chi connectivity index (χ0n) is 43.0. The summed E-state index contributed by atoms with van der Waals surface area (Å²) >= 11 is 0. The number of nitrogens with one attached hydrogen (secondary N) is 3. The molecule has 2 rings (SSSR count). The maximum Gasteiger partial charge on any atom is 0.322 e. The first-order valence-electron chi connectivity index (χ1n) is 24.6. The third kappa shape index (κ3) is 22.4. The molecular formula is C48H82N6O17. The topological polar surface area (TPSA) is 276 Å². The Morgan fingerprint density at radius 1 is 0.817 bits per heavy atom. The monoisotopic (exact) mass is 1010 g/mol. The van der Waals surface area contributed by atoms with Crippen molar-refractivity contribution in [2.45, 2.75) is 96.4 Å². The molecule has 0 aromatic heterocycles. The molecule has 0 aromatic rings. The van der Waals surface area contributed by atoms with Gasteiger partial charge in [0.05, 0.1) is 123 Å². The predicted octanol–water partition coefficient (Wildman–Crippen LogP) is 0.171. The zero-order valence-corrected chi connectivity index (χ0v) is 43.0. The predicted molar refractivity (Wildman–Crippen MR) is 257 cm³/mol. The van der Waals surface area contributed by atoms with Crippen molar-refractivity contribution in [2.24, 2.45) is 17.8 Å². The molecule has 0 radical (unpaired) electrons. The molecule has 4 N–H and O–H groups in total. The Hall–Kier alpha value is -4.62. The number of carbonyl (C=O) groups is 8. The van der Waals surface area contributed by atoms with Crippen LogP contribution >= 0.6 is 0 Å². The van der Waals surface area contributed by atoms with Gasteiger partial charge in [-0.3, -0.25) is 43.3 Å². The number of hydrogen-bond acceptors (Lipinski definition) is 16. The summed E-state index contributed by atoms with van der Waals surface area (Å²) in [6.45, 7) is 11.4. The number of methoxy groups -OCH3 is 2. The Balaban J connectivity index is 1.74. The summed E-state index contributed by atoms with van der Waals surface area (Å²) in [6, 6.07) is -0.457. The number of nitrogens with zero attached hydrogens (tertiary/aromatic N) is 3. The highest BCUT2D eigenvalue weighted by molar-refractivity contribution is 6.12. The van der Waals surface area contributed by atoms with Gasteiger partial charge in [0, 0.05) is 46.5 Å². The molecule has 71 heavy (non-hydrogen) atoms. The van der Waals surface area contributed by atoms with Crippen molar-refractivity contribution in [3.8, 4) is 0 Å². The minimum absolute atomic E-state index is 0.0577. The second-order valence-electron chi connectivity index (χ2n) is 17.7. The van der Waals surface area contributed by atoms with Crippen molar-refractivity contribution in [1.29, 1.82) is 0 Å². The third-order valence-electron chi connectivity index (χ3n) is 12.8. The van der Waals surface area contributed by atoms with Gasteiger partial charge in [-0.25, -0.2) is 0 Å². The maximum absolute atomic E-state index is 13.9. The number of likely N-dealkylation sites (N-methyl/N-ethyl adjacent to an activating group) is 1. The van der Waals surface area contributed by atoms with E-state index in [1.807, 2.05) is 13.8 Å². The highest BCUT2D eigenvalue weighted by atomic mass is 16.6. The number of carboxylic acid groups (broad SMARTS) is 1. The van der Waals surface area contributed by atoms with Gasteiger partial charge >= 0.3 is 5.97 Å². The lowest BCUT2D eigenvalue weighted by molar-refractivity contribution is -0.146. The number of ether oxygens (including phenoxy) is 8. The van der Waals surface area contributed by atoms with Crippen molar-refractivity contribution in [2.75, 3.05) is 133 Å². The molecule has 1 fully saturated rings. The number of aliphatic carboxylic acids is 1. The molecule has 7 atom stereocenters. The molecule has 6 unspecified atom stereocenters. The van der Waals surface area contributed by atoms with Crippen LogP contribution in [0.2, 0.25) is 0 Å². The Morgan fingerprint density at radius 3 is 1.87 bits per heavy atom. The summed E-state index contributed by atoms with van der Waals surface area (Å²) in [4.78, 5) is 103. The van der Waals surface area contributed by atoms with Crippen LogP contribution in [0, 0.1) is 17.8 Å². The average Bonchev–Trinajstić information content (AvgIpc) is 3.92. The van der Waals surface area contributed by atoms with Gasteiger partial charge in [-0.2, -0.15) is 0 Å². The van der Waals surface area contributed by atoms with Crippen molar-refractivity contribution in [3.05, 3.63) is 12.2 Å². The first kappa shape index (κ1) is 62.5. The fourth-order valence-electron chi connectivity index (χ4n) is 8.67. The summed E-state index contributed by atoms with van der Waals surface area (Å²) in [7, 11) is 4.70. The lowest BCUT2D eigenvalue weighted by atomic mass is 9.80. The minimum atomic E-state index is -1.18. The SMILES string of the molecule is CCC(C)C(C(CC(CCCNC=O)C(OC)C(C)C(=O)NCC(=O)O)OC)N(C)C(=O)CNC(=O)[C@]1(C)CCCN1C(=O)CCOCCOCCOCCOCCOCCOCCN1C(=O)C=CC1=O. The summed E-state index contributed by atoms with van der Waals surface area (Å²) in [5.74, 6) is -4.45. The minimum Gasteiger partial charge on any atom is -0.480 e. The van der Waals surface area contributed by atoms with Gasteiger partial charge in [-0.15, -0.1) is 0 Å². The van der Waals surface area contributed by atoms with E-state index >= 15 is 0 Å². The summed E-state index contributed by atoms with van der Waals surface area (Å²) in [6.07, 6.45) is 5.14. The molecule has 2 heterocycles. The van der Waals surface area contributed by atoms with Gasteiger partial charge in [0.2, 0.25) is 30.0 Å². The molecule has 7 amide bonds. The van der Waals surface area contributed by atoms with Crippen LogP contribution in [0.4, 0.5) is 0 Å². The van der Waals surface area contributed by atoms with Crippen LogP contribution in [0.15, 0.2) is 12.2 Å². The van der Waals surface area contributed by atoms with Crippen molar-refractivity contribution < 1.29 is 81.4 Å². The Labute approximate surface area is 418 Å². The van der Waals surface area contributed by atoms with E-state index in [0.29, 0.717) is 117 Å². The fourth-order valence-corrected chi connectivity index (χ4v) is 8.67. The van der Waals surface area contributed by atoms with Crippen LogP contribution in [-0.4, -0.2) is 225 Å². The van der Waals surface area contributed by atoms with Crippen molar-refractivity contribution in [3.63, 3.8) is 0 Å². The average molecular weight is 1020 g/mol. The number of amides is 7. The van der Waals surface area contributed by atoms with Crippen LogP contribution in [-0.2, 0) is 76.3 Å². The lowest BCUT2D eigenvalue weighted by Gasteiger charge is -2.41. The molecule has 0 saturated carbocycles. The number of hydrogen-bond donors (Lipinski definition) is 4. The molecule has 0 spiro atoms. The molecule has 0 aliphatic carbocycles. The second kappa shape index (κ2) is 35.5. The van der Waals surface area contributed by atoms with Gasteiger partial charge in [-0.05, 0) is 50.9 Å². The smallest absolute Gasteiger partial charge is 0.322 e. The number of likely N-dealkylation sites (tertiary alicyclic amines) is 1. The van der Waals surface area contributed by atoms with Crippen LogP contribution < -0.4 is 16.0 Å². The highest BCUT2D eigenvalue weighted by Crippen LogP contribution is 2.32. The standard InChI is InChI=1S/C48H82N6O17/c1-8-35(2)44(38(64-6)31-37(11-9-16-49-34-55)45(65-7)36(3)46(62)50-33-43(60)61)52(5)42(59)32-51-47(63)48(4)15-10-17-54(48)41(58)14-19-66-21-23-68-25-27-70-29-30-71-28-26-69-24-22-67-20-18-53-39(56)12-13-40(53)57/h12-13,34-38,44-45H,8-11,14-33H2,1-7H3,(H,49,55)(H,50,62)(H,51,63)(H,60,61)/t35?,36?,37?,38?,44?,45?,48-/m0/s1. The molecule has 406 valence electrons. The molecule has 23 nitrogen and oxygen atoms in total. The zero-order chi connectivity index (χ0) is 52.6. The van der Waals surface area contributed by atoms with Gasteiger partial charge in [0.15, 0.2) is 0 Å². The second-order valence-corrected chi connectivity index (χ2v) is 17.7. The first-order chi connectivity index (χ1) is 34.1. The molecule has 2 aliphatic heterocycles. The van der Waals surface area contributed by atoms with Gasteiger partial charge in [0.1, 0.15) is 12.1 Å². The van der Waals surface area contributed by atoms with Crippen LogP contribution in [0.1, 0.15) is 72.6 Å². The van der Waals surface area contributed by atoms with Crippen LogP contribution in [0.3, 0.4) is 0 Å². The van der Waals surface area contributed by atoms with E-state index in [-0.39, 0.29) is 74.8 Å². The van der Waals surface area contributed by atoms with E-state index in [9.17, 15) is 38.4 Å².